The number of halogens is 3. The number of nitrogens with zero attached hydrogens (tertiary/aromatic N) is 2. The van der Waals surface area contributed by atoms with Crippen LogP contribution in [0.25, 0.3) is 0 Å². The molecule has 2 heterocycles. The summed E-state index contributed by atoms with van der Waals surface area (Å²) in [6.07, 6.45) is 3.34. The number of aromatic nitrogens is 1. The SMILES string of the molecule is Cl.Cl.O=C(NCCCN1CCNCC1)c1ccncc1F. The predicted octanol–water partition coefficient (Wildman–Crippen LogP) is 1.09. The van der Waals surface area contributed by atoms with Crippen molar-refractivity contribution in [2.24, 2.45) is 0 Å². The highest BCUT2D eigenvalue weighted by atomic mass is 35.5. The van der Waals surface area contributed by atoms with Crippen LogP contribution in [0.2, 0.25) is 0 Å². The molecule has 0 aromatic carbocycles. The van der Waals surface area contributed by atoms with E-state index in [1.165, 1.54) is 12.3 Å². The fraction of sp³-hybridized carbons (Fsp3) is 0.538. The van der Waals surface area contributed by atoms with Crippen molar-refractivity contribution in [2.75, 3.05) is 39.3 Å². The number of pyridine rings is 1. The Hall–Kier alpha value is -0.950. The molecule has 1 aromatic heterocycles. The second-order valence-electron chi connectivity index (χ2n) is 4.56. The van der Waals surface area contributed by atoms with Gasteiger partial charge < -0.3 is 15.5 Å². The highest BCUT2D eigenvalue weighted by Gasteiger charge is 2.11. The number of nitrogens with one attached hydrogen (secondary N) is 2. The minimum absolute atomic E-state index is 0. The van der Waals surface area contributed by atoms with Gasteiger partial charge in [0.05, 0.1) is 11.8 Å². The molecule has 5 nitrogen and oxygen atoms in total. The number of amides is 1. The summed E-state index contributed by atoms with van der Waals surface area (Å²) in [6.45, 7) is 5.66. The minimum atomic E-state index is -0.581. The second kappa shape index (κ2) is 10.7. The van der Waals surface area contributed by atoms with Gasteiger partial charge >= 0.3 is 0 Å². The molecular weight excluding hydrogens is 318 g/mol. The summed E-state index contributed by atoms with van der Waals surface area (Å²) >= 11 is 0. The van der Waals surface area contributed by atoms with E-state index < -0.39 is 5.82 Å². The van der Waals surface area contributed by atoms with Gasteiger partial charge in [0.1, 0.15) is 0 Å². The Morgan fingerprint density at radius 3 is 2.76 bits per heavy atom. The van der Waals surface area contributed by atoms with Crippen molar-refractivity contribution in [1.29, 1.82) is 0 Å². The Kier molecular flexibility index (Phi) is 10.2. The van der Waals surface area contributed by atoms with Crippen molar-refractivity contribution in [2.45, 2.75) is 6.42 Å². The molecule has 0 atom stereocenters. The maximum atomic E-state index is 13.3. The molecule has 1 aliphatic rings. The standard InChI is InChI=1S/C13H19FN4O.2ClH/c14-12-10-16-4-2-11(12)13(19)17-3-1-7-18-8-5-15-6-9-18;;/h2,4,10,15H,1,3,5-9H2,(H,17,19);2*1H. The molecule has 1 fully saturated rings. The summed E-state index contributed by atoms with van der Waals surface area (Å²) in [6, 6.07) is 1.39. The van der Waals surface area contributed by atoms with Crippen LogP contribution in [-0.4, -0.2) is 55.1 Å². The van der Waals surface area contributed by atoms with E-state index >= 15 is 0 Å². The third-order valence-corrected chi connectivity index (χ3v) is 3.16. The highest BCUT2D eigenvalue weighted by Crippen LogP contribution is 2.03. The van der Waals surface area contributed by atoms with Crippen LogP contribution < -0.4 is 10.6 Å². The van der Waals surface area contributed by atoms with Crippen molar-refractivity contribution in [3.05, 3.63) is 29.8 Å². The fourth-order valence-electron chi connectivity index (χ4n) is 2.09. The molecule has 8 heteroatoms. The summed E-state index contributed by atoms with van der Waals surface area (Å²) in [4.78, 5) is 17.7. The summed E-state index contributed by atoms with van der Waals surface area (Å²) in [5, 5.41) is 6.02. The van der Waals surface area contributed by atoms with Gasteiger partial charge in [0.2, 0.25) is 0 Å². The van der Waals surface area contributed by atoms with Crippen molar-refractivity contribution in [3.8, 4) is 0 Å². The molecule has 1 amide bonds. The Labute approximate surface area is 136 Å². The smallest absolute Gasteiger partial charge is 0.254 e. The number of carbonyl (C=O) groups excluding carboxylic acids is 1. The third-order valence-electron chi connectivity index (χ3n) is 3.16. The van der Waals surface area contributed by atoms with Gasteiger partial charge in [-0.1, -0.05) is 0 Å². The number of hydrogen-bond acceptors (Lipinski definition) is 4. The van der Waals surface area contributed by atoms with Crippen LogP contribution in [0.1, 0.15) is 16.8 Å². The van der Waals surface area contributed by atoms with Crippen molar-refractivity contribution in [1.82, 2.24) is 20.5 Å². The number of carbonyl (C=O) groups is 1. The molecule has 0 aliphatic carbocycles. The normalized spacial score (nSPS) is 14.7. The zero-order valence-electron chi connectivity index (χ0n) is 11.7. The van der Waals surface area contributed by atoms with E-state index in [9.17, 15) is 9.18 Å². The zero-order chi connectivity index (χ0) is 13.5. The lowest BCUT2D eigenvalue weighted by atomic mass is 10.2. The Balaban J connectivity index is 0.00000200. The molecule has 1 aromatic rings. The van der Waals surface area contributed by atoms with E-state index in [0.29, 0.717) is 6.54 Å². The average Bonchev–Trinajstić information content (AvgIpc) is 2.45. The van der Waals surface area contributed by atoms with E-state index in [1.807, 2.05) is 0 Å². The minimum Gasteiger partial charge on any atom is -0.352 e. The van der Waals surface area contributed by atoms with E-state index in [2.05, 4.69) is 20.5 Å². The van der Waals surface area contributed by atoms with Crippen LogP contribution in [0, 0.1) is 5.82 Å². The highest BCUT2D eigenvalue weighted by molar-refractivity contribution is 5.94. The summed E-state index contributed by atoms with van der Waals surface area (Å²) in [5.74, 6) is -0.956. The molecule has 0 spiro atoms. The summed E-state index contributed by atoms with van der Waals surface area (Å²) in [5.41, 5.74) is 0.0529. The van der Waals surface area contributed by atoms with Crippen LogP contribution in [0.5, 0.6) is 0 Å². The fourth-order valence-corrected chi connectivity index (χ4v) is 2.09. The topological polar surface area (TPSA) is 57.3 Å². The van der Waals surface area contributed by atoms with E-state index in [4.69, 9.17) is 0 Å². The number of piperazine rings is 1. The summed E-state index contributed by atoms with van der Waals surface area (Å²) < 4.78 is 13.3. The monoisotopic (exact) mass is 338 g/mol. The first kappa shape index (κ1) is 20.1. The molecule has 1 aliphatic heterocycles. The third kappa shape index (κ3) is 6.56. The molecule has 2 rings (SSSR count). The lowest BCUT2D eigenvalue weighted by molar-refractivity contribution is 0.0947. The predicted molar refractivity (Wildman–Crippen MR) is 85.0 cm³/mol. The van der Waals surface area contributed by atoms with E-state index in [-0.39, 0.29) is 36.3 Å². The van der Waals surface area contributed by atoms with E-state index in [1.54, 1.807) is 0 Å². The van der Waals surface area contributed by atoms with Crippen LogP contribution in [-0.2, 0) is 0 Å². The van der Waals surface area contributed by atoms with Crippen LogP contribution in [0.4, 0.5) is 4.39 Å². The lowest BCUT2D eigenvalue weighted by Gasteiger charge is -2.27. The van der Waals surface area contributed by atoms with Gasteiger partial charge in [0.25, 0.3) is 5.91 Å². The molecule has 0 radical (unpaired) electrons. The Morgan fingerprint density at radius 2 is 2.10 bits per heavy atom. The number of hydrogen-bond donors (Lipinski definition) is 2. The van der Waals surface area contributed by atoms with Gasteiger partial charge in [0.15, 0.2) is 5.82 Å². The first-order chi connectivity index (χ1) is 9.27. The molecule has 21 heavy (non-hydrogen) atoms. The maximum Gasteiger partial charge on any atom is 0.254 e. The zero-order valence-corrected chi connectivity index (χ0v) is 13.3. The van der Waals surface area contributed by atoms with E-state index in [0.717, 1.165) is 45.3 Å². The first-order valence-corrected chi connectivity index (χ1v) is 6.58. The largest absolute Gasteiger partial charge is 0.352 e. The molecule has 0 unspecified atom stereocenters. The molecule has 1 saturated heterocycles. The van der Waals surface area contributed by atoms with Gasteiger partial charge in [-0.2, -0.15) is 0 Å². The Morgan fingerprint density at radius 1 is 1.38 bits per heavy atom. The first-order valence-electron chi connectivity index (χ1n) is 6.58. The second-order valence-corrected chi connectivity index (χ2v) is 4.56. The molecule has 2 N–H and O–H groups in total. The average molecular weight is 339 g/mol. The van der Waals surface area contributed by atoms with Gasteiger partial charge in [-0.25, -0.2) is 4.39 Å². The number of rotatable bonds is 5. The summed E-state index contributed by atoms with van der Waals surface area (Å²) in [7, 11) is 0. The van der Waals surface area contributed by atoms with Crippen LogP contribution in [0.15, 0.2) is 18.5 Å². The van der Waals surface area contributed by atoms with Crippen LogP contribution >= 0.6 is 24.8 Å². The molecule has 0 bridgehead atoms. The van der Waals surface area contributed by atoms with Gasteiger partial charge in [-0.05, 0) is 19.0 Å². The van der Waals surface area contributed by atoms with Crippen molar-refractivity contribution >= 4 is 30.7 Å². The van der Waals surface area contributed by atoms with Crippen molar-refractivity contribution in [3.63, 3.8) is 0 Å². The van der Waals surface area contributed by atoms with Crippen LogP contribution in [0.3, 0.4) is 0 Å². The van der Waals surface area contributed by atoms with Crippen molar-refractivity contribution < 1.29 is 9.18 Å². The molecule has 120 valence electrons. The van der Waals surface area contributed by atoms with Gasteiger partial charge in [-0.3, -0.25) is 9.78 Å². The van der Waals surface area contributed by atoms with Gasteiger partial charge in [0, 0.05) is 38.9 Å². The lowest BCUT2D eigenvalue weighted by Crippen LogP contribution is -2.44. The molecular formula is C13H21Cl2FN4O. The van der Waals surface area contributed by atoms with Gasteiger partial charge in [-0.15, -0.1) is 24.8 Å². The Bertz CT molecular complexity index is 430. The maximum absolute atomic E-state index is 13.3. The molecule has 0 saturated carbocycles. The quantitative estimate of drug-likeness (QED) is 0.789.